The molecule has 10 heteroatoms. The zero-order valence-corrected chi connectivity index (χ0v) is 16.5. The van der Waals surface area contributed by atoms with Crippen LogP contribution in [0.25, 0.3) is 11.3 Å². The molecule has 0 aliphatic carbocycles. The Balaban J connectivity index is 1.37. The number of aromatic nitrogens is 3. The largest absolute Gasteiger partial charge is 0.486 e. The number of carbonyl (C=O) groups is 1. The number of anilines is 1. The molecular formula is C19H15ClN4O4S. The van der Waals surface area contributed by atoms with Gasteiger partial charge in [0.1, 0.15) is 13.2 Å². The van der Waals surface area contributed by atoms with E-state index in [9.17, 15) is 9.59 Å². The molecule has 0 radical (unpaired) electrons. The summed E-state index contributed by atoms with van der Waals surface area (Å²) in [5.74, 6) is 1.04. The second-order valence-corrected chi connectivity index (χ2v) is 7.41. The molecule has 0 spiro atoms. The van der Waals surface area contributed by atoms with Gasteiger partial charge in [0.25, 0.3) is 5.56 Å². The monoisotopic (exact) mass is 430 g/mol. The summed E-state index contributed by atoms with van der Waals surface area (Å²) in [5, 5.41) is 11.5. The van der Waals surface area contributed by atoms with Crippen LogP contribution in [0.1, 0.15) is 0 Å². The van der Waals surface area contributed by atoms with Gasteiger partial charge in [-0.15, -0.1) is 10.2 Å². The van der Waals surface area contributed by atoms with Gasteiger partial charge < -0.3 is 14.8 Å². The van der Waals surface area contributed by atoms with Gasteiger partial charge >= 0.3 is 0 Å². The molecule has 0 bridgehead atoms. The number of thioether (sulfide) groups is 1. The molecule has 8 nitrogen and oxygen atoms in total. The fourth-order valence-corrected chi connectivity index (χ4v) is 3.37. The second kappa shape index (κ2) is 8.54. The van der Waals surface area contributed by atoms with Crippen molar-refractivity contribution in [2.75, 3.05) is 24.3 Å². The molecule has 0 saturated heterocycles. The topological polar surface area (TPSA) is 106 Å². The van der Waals surface area contributed by atoms with Gasteiger partial charge in [0.2, 0.25) is 5.91 Å². The smallest absolute Gasteiger partial charge is 0.278 e. The number of benzene rings is 2. The fraction of sp³-hybridized carbons (Fsp3) is 0.158. The van der Waals surface area contributed by atoms with Crippen molar-refractivity contribution in [3.05, 3.63) is 57.8 Å². The Morgan fingerprint density at radius 1 is 1.10 bits per heavy atom. The lowest BCUT2D eigenvalue weighted by Gasteiger charge is -2.18. The third-order valence-corrected chi connectivity index (χ3v) is 5.08. The van der Waals surface area contributed by atoms with E-state index in [2.05, 4.69) is 20.5 Å². The molecular weight excluding hydrogens is 416 g/mol. The fourth-order valence-electron chi connectivity index (χ4n) is 2.64. The third-order valence-electron chi connectivity index (χ3n) is 3.96. The highest BCUT2D eigenvalue weighted by molar-refractivity contribution is 7.99. The number of rotatable bonds is 5. The average molecular weight is 431 g/mol. The Bertz CT molecular complexity index is 1100. The minimum Gasteiger partial charge on any atom is -0.486 e. The van der Waals surface area contributed by atoms with Crippen molar-refractivity contribution in [2.45, 2.75) is 5.16 Å². The zero-order valence-electron chi connectivity index (χ0n) is 15.0. The minimum absolute atomic E-state index is 0.0549. The van der Waals surface area contributed by atoms with Crippen LogP contribution in [0.3, 0.4) is 0 Å². The van der Waals surface area contributed by atoms with Crippen LogP contribution in [0.4, 0.5) is 5.69 Å². The predicted molar refractivity (Wildman–Crippen MR) is 110 cm³/mol. The van der Waals surface area contributed by atoms with E-state index in [1.807, 2.05) is 0 Å². The van der Waals surface area contributed by atoms with Gasteiger partial charge in [-0.05, 0) is 24.3 Å². The van der Waals surface area contributed by atoms with Crippen LogP contribution in [0, 0.1) is 0 Å². The maximum Gasteiger partial charge on any atom is 0.278 e. The zero-order chi connectivity index (χ0) is 20.2. The summed E-state index contributed by atoms with van der Waals surface area (Å²) in [6.45, 7) is 0.976. The number of aromatic amines is 1. The van der Waals surface area contributed by atoms with Crippen molar-refractivity contribution in [3.8, 4) is 22.8 Å². The third kappa shape index (κ3) is 4.69. The van der Waals surface area contributed by atoms with E-state index in [0.29, 0.717) is 41.0 Å². The van der Waals surface area contributed by atoms with E-state index >= 15 is 0 Å². The van der Waals surface area contributed by atoms with Gasteiger partial charge in [-0.1, -0.05) is 35.5 Å². The molecule has 29 heavy (non-hydrogen) atoms. The van der Waals surface area contributed by atoms with E-state index in [4.69, 9.17) is 21.1 Å². The van der Waals surface area contributed by atoms with Crippen molar-refractivity contribution >= 4 is 35.0 Å². The number of hydrogen-bond donors (Lipinski definition) is 2. The molecule has 0 unspecified atom stereocenters. The Kier molecular flexibility index (Phi) is 5.68. The van der Waals surface area contributed by atoms with Crippen molar-refractivity contribution in [1.29, 1.82) is 0 Å². The lowest BCUT2D eigenvalue weighted by Crippen LogP contribution is -2.18. The lowest BCUT2D eigenvalue weighted by atomic mass is 10.2. The van der Waals surface area contributed by atoms with Gasteiger partial charge in [-0.3, -0.25) is 14.6 Å². The first-order chi connectivity index (χ1) is 14.1. The molecule has 1 amide bonds. The quantitative estimate of drug-likeness (QED) is 0.599. The van der Waals surface area contributed by atoms with Crippen LogP contribution in [0.5, 0.6) is 11.5 Å². The molecule has 1 aliphatic rings. The number of amides is 1. The van der Waals surface area contributed by atoms with Crippen LogP contribution in [-0.4, -0.2) is 40.1 Å². The average Bonchev–Trinajstić information content (AvgIpc) is 2.73. The molecule has 4 rings (SSSR count). The number of H-pyrrole nitrogens is 1. The van der Waals surface area contributed by atoms with E-state index in [1.54, 1.807) is 42.5 Å². The maximum absolute atomic E-state index is 12.3. The normalized spacial score (nSPS) is 12.4. The molecule has 0 atom stereocenters. The van der Waals surface area contributed by atoms with Crippen molar-refractivity contribution in [2.24, 2.45) is 0 Å². The first-order valence-electron chi connectivity index (χ1n) is 8.64. The molecule has 1 aliphatic heterocycles. The van der Waals surface area contributed by atoms with Crippen LogP contribution in [-0.2, 0) is 4.79 Å². The van der Waals surface area contributed by atoms with Crippen LogP contribution in [0.2, 0.25) is 5.02 Å². The highest BCUT2D eigenvalue weighted by Crippen LogP contribution is 2.32. The maximum atomic E-state index is 12.3. The number of fused-ring (bicyclic) bond motifs is 1. The Morgan fingerprint density at radius 3 is 2.62 bits per heavy atom. The van der Waals surface area contributed by atoms with Gasteiger partial charge in [-0.25, -0.2) is 0 Å². The van der Waals surface area contributed by atoms with Crippen molar-refractivity contribution in [1.82, 2.24) is 15.2 Å². The summed E-state index contributed by atoms with van der Waals surface area (Å²) in [7, 11) is 0. The summed E-state index contributed by atoms with van der Waals surface area (Å²) in [6.07, 6.45) is 0. The number of nitrogens with zero attached hydrogens (tertiary/aromatic N) is 2. The highest BCUT2D eigenvalue weighted by atomic mass is 35.5. The molecule has 0 fully saturated rings. The number of carbonyl (C=O) groups excluding carboxylic acids is 1. The highest BCUT2D eigenvalue weighted by Gasteiger charge is 2.14. The molecule has 148 valence electrons. The molecule has 1 aromatic heterocycles. The number of hydrogen-bond acceptors (Lipinski definition) is 7. The molecule has 0 saturated carbocycles. The first kappa shape index (κ1) is 19.3. The SMILES string of the molecule is O=C(CSc1nnc(-c2ccc(Cl)cc2)c(=O)[nH]1)Nc1ccc2c(c1)OCCO2. The number of nitrogens with one attached hydrogen (secondary N) is 2. The van der Waals surface area contributed by atoms with Crippen molar-refractivity contribution in [3.63, 3.8) is 0 Å². The summed E-state index contributed by atoms with van der Waals surface area (Å²) < 4.78 is 10.9. The van der Waals surface area contributed by atoms with E-state index in [0.717, 1.165) is 11.8 Å². The second-order valence-electron chi connectivity index (χ2n) is 6.01. The van der Waals surface area contributed by atoms with Gasteiger partial charge in [0.15, 0.2) is 22.3 Å². The van der Waals surface area contributed by atoms with E-state index < -0.39 is 5.56 Å². The molecule has 2 aromatic carbocycles. The molecule has 2 heterocycles. The molecule has 3 aromatic rings. The van der Waals surface area contributed by atoms with Crippen molar-refractivity contribution < 1.29 is 14.3 Å². The summed E-state index contributed by atoms with van der Waals surface area (Å²) >= 11 is 6.93. The minimum atomic E-state index is -0.392. The summed E-state index contributed by atoms with van der Waals surface area (Å²) in [6, 6.07) is 11.9. The summed E-state index contributed by atoms with van der Waals surface area (Å²) in [5.41, 5.74) is 0.998. The van der Waals surface area contributed by atoms with Crippen LogP contribution in [0.15, 0.2) is 52.4 Å². The van der Waals surface area contributed by atoms with Crippen LogP contribution >= 0.6 is 23.4 Å². The first-order valence-corrected chi connectivity index (χ1v) is 10.00. The van der Waals surface area contributed by atoms with Gasteiger partial charge in [0, 0.05) is 22.3 Å². The van der Waals surface area contributed by atoms with E-state index in [-0.39, 0.29) is 22.5 Å². The predicted octanol–water partition coefficient (Wildman–Crippen LogP) is 2.99. The van der Waals surface area contributed by atoms with Gasteiger partial charge in [0.05, 0.1) is 5.75 Å². The molecule has 2 N–H and O–H groups in total. The Morgan fingerprint density at radius 2 is 1.86 bits per heavy atom. The van der Waals surface area contributed by atoms with E-state index in [1.165, 1.54) is 0 Å². The lowest BCUT2D eigenvalue weighted by molar-refractivity contribution is -0.113. The van der Waals surface area contributed by atoms with Gasteiger partial charge in [-0.2, -0.15) is 0 Å². The van der Waals surface area contributed by atoms with Crippen LogP contribution < -0.4 is 20.3 Å². The Hall–Kier alpha value is -3.04. The Labute approximate surface area is 174 Å². The number of ether oxygens (including phenoxy) is 2. The standard InChI is InChI=1S/C19H15ClN4O4S/c20-12-3-1-11(2-4-12)17-18(26)22-19(24-23-17)29-10-16(25)21-13-5-6-14-15(9-13)28-8-7-27-14/h1-6,9H,7-8,10H2,(H,21,25)(H,22,24,26). The summed E-state index contributed by atoms with van der Waals surface area (Å²) in [4.78, 5) is 27.1. The number of halogens is 1.